The molecule has 128 valence electrons. The number of fused-ring (bicyclic) bond motifs is 1. The molecule has 0 aliphatic rings. The lowest BCUT2D eigenvalue weighted by molar-refractivity contribution is -0.118. The molecule has 0 saturated carbocycles. The summed E-state index contributed by atoms with van der Waals surface area (Å²) >= 11 is 0. The summed E-state index contributed by atoms with van der Waals surface area (Å²) in [4.78, 5) is 21.1. The van der Waals surface area contributed by atoms with Crippen molar-refractivity contribution in [1.82, 2.24) is 9.97 Å². The summed E-state index contributed by atoms with van der Waals surface area (Å²) in [5.41, 5.74) is 3.79. The molecule has 0 atom stereocenters. The van der Waals surface area contributed by atoms with Crippen LogP contribution in [0.2, 0.25) is 0 Å². The Morgan fingerprint density at radius 1 is 1.08 bits per heavy atom. The van der Waals surface area contributed by atoms with Gasteiger partial charge in [-0.2, -0.15) is 4.98 Å². The van der Waals surface area contributed by atoms with E-state index in [0.717, 1.165) is 27.7 Å². The van der Waals surface area contributed by atoms with E-state index in [1.165, 1.54) is 0 Å². The number of benzene rings is 2. The molecule has 1 amide bonds. The van der Waals surface area contributed by atoms with E-state index in [2.05, 4.69) is 21.4 Å². The Morgan fingerprint density at radius 3 is 2.52 bits per heavy atom. The number of nitrogens with one attached hydrogen (secondary N) is 1. The maximum absolute atomic E-state index is 12.2. The lowest BCUT2D eigenvalue weighted by Crippen LogP contribution is -2.21. The van der Waals surface area contributed by atoms with Gasteiger partial charge in [-0.05, 0) is 49.2 Å². The first-order valence-electron chi connectivity index (χ1n) is 8.31. The third-order valence-electron chi connectivity index (χ3n) is 3.78. The van der Waals surface area contributed by atoms with Crippen molar-refractivity contribution in [2.24, 2.45) is 0 Å². The average Bonchev–Trinajstić information content (AvgIpc) is 2.58. The second kappa shape index (κ2) is 7.30. The Hall–Kier alpha value is -2.95. The summed E-state index contributed by atoms with van der Waals surface area (Å²) in [6, 6.07) is 13.6. The quantitative estimate of drug-likeness (QED) is 0.770. The fourth-order valence-electron chi connectivity index (χ4n) is 2.74. The van der Waals surface area contributed by atoms with Crippen LogP contribution in [-0.4, -0.2) is 22.5 Å². The number of rotatable bonds is 5. The van der Waals surface area contributed by atoms with Crippen molar-refractivity contribution >= 4 is 22.5 Å². The van der Waals surface area contributed by atoms with E-state index < -0.39 is 0 Å². The highest BCUT2D eigenvalue weighted by atomic mass is 16.5. The standard InChI is InChI=1S/C20H21N3O2/c1-4-18-22-17-8-6-5-7-16(17)20(23-18)25-12-19(24)21-15-10-13(2)9-14(3)11-15/h5-11H,4,12H2,1-3H3,(H,21,24). The second-order valence-electron chi connectivity index (χ2n) is 6.03. The number of nitrogens with zero attached hydrogens (tertiary/aromatic N) is 2. The molecule has 2 aromatic carbocycles. The summed E-state index contributed by atoms with van der Waals surface area (Å²) < 4.78 is 5.69. The van der Waals surface area contributed by atoms with Gasteiger partial charge in [0.2, 0.25) is 5.88 Å². The summed E-state index contributed by atoms with van der Waals surface area (Å²) in [5.74, 6) is 0.923. The zero-order valence-corrected chi connectivity index (χ0v) is 14.7. The van der Waals surface area contributed by atoms with E-state index >= 15 is 0 Å². The number of aromatic nitrogens is 2. The van der Waals surface area contributed by atoms with E-state index in [9.17, 15) is 4.79 Å². The van der Waals surface area contributed by atoms with Crippen molar-refractivity contribution in [3.8, 4) is 5.88 Å². The Labute approximate surface area is 147 Å². The van der Waals surface area contributed by atoms with Crippen LogP contribution in [0.15, 0.2) is 42.5 Å². The van der Waals surface area contributed by atoms with E-state index in [4.69, 9.17) is 4.74 Å². The minimum absolute atomic E-state index is 0.100. The van der Waals surface area contributed by atoms with Gasteiger partial charge in [0.05, 0.1) is 10.9 Å². The number of para-hydroxylation sites is 1. The topological polar surface area (TPSA) is 64.1 Å². The van der Waals surface area contributed by atoms with Crippen molar-refractivity contribution in [1.29, 1.82) is 0 Å². The first-order valence-corrected chi connectivity index (χ1v) is 8.31. The summed E-state index contributed by atoms with van der Waals surface area (Å²) in [7, 11) is 0. The van der Waals surface area contributed by atoms with E-state index in [1.54, 1.807) is 0 Å². The number of carbonyl (C=O) groups is 1. The zero-order chi connectivity index (χ0) is 17.8. The third kappa shape index (κ3) is 4.12. The molecule has 5 nitrogen and oxygen atoms in total. The predicted octanol–water partition coefficient (Wildman–Crippen LogP) is 3.83. The molecule has 1 N–H and O–H groups in total. The van der Waals surface area contributed by atoms with Crippen LogP contribution in [-0.2, 0) is 11.2 Å². The van der Waals surface area contributed by atoms with Crippen LogP contribution in [0.25, 0.3) is 10.9 Å². The van der Waals surface area contributed by atoms with Crippen LogP contribution < -0.4 is 10.1 Å². The number of amides is 1. The molecule has 1 aromatic heterocycles. The van der Waals surface area contributed by atoms with Gasteiger partial charge in [0.1, 0.15) is 5.82 Å². The van der Waals surface area contributed by atoms with Crippen LogP contribution in [0.1, 0.15) is 23.9 Å². The van der Waals surface area contributed by atoms with Gasteiger partial charge in [-0.1, -0.05) is 25.1 Å². The molecule has 0 unspecified atom stereocenters. The molecule has 3 aromatic rings. The first-order chi connectivity index (χ1) is 12.0. The number of hydrogen-bond donors (Lipinski definition) is 1. The molecule has 0 spiro atoms. The third-order valence-corrected chi connectivity index (χ3v) is 3.78. The highest BCUT2D eigenvalue weighted by Gasteiger charge is 2.10. The van der Waals surface area contributed by atoms with Gasteiger partial charge in [0.25, 0.3) is 5.91 Å². The summed E-state index contributed by atoms with van der Waals surface area (Å²) in [6.45, 7) is 5.88. The molecule has 0 aliphatic carbocycles. The predicted molar refractivity (Wildman–Crippen MR) is 99.0 cm³/mol. The van der Waals surface area contributed by atoms with E-state index in [0.29, 0.717) is 18.1 Å². The highest BCUT2D eigenvalue weighted by molar-refractivity contribution is 5.92. The molecule has 0 saturated heterocycles. The monoisotopic (exact) mass is 335 g/mol. The number of carbonyl (C=O) groups excluding carboxylic acids is 1. The number of ether oxygens (including phenoxy) is 1. The zero-order valence-electron chi connectivity index (χ0n) is 14.7. The molecule has 3 rings (SSSR count). The molecule has 0 radical (unpaired) electrons. The lowest BCUT2D eigenvalue weighted by atomic mass is 10.1. The van der Waals surface area contributed by atoms with Gasteiger partial charge in [0, 0.05) is 12.1 Å². The fourth-order valence-corrected chi connectivity index (χ4v) is 2.74. The largest absolute Gasteiger partial charge is 0.467 e. The fraction of sp³-hybridized carbons (Fsp3) is 0.250. The van der Waals surface area contributed by atoms with Gasteiger partial charge in [0.15, 0.2) is 6.61 Å². The molecule has 5 heteroatoms. The second-order valence-corrected chi connectivity index (χ2v) is 6.03. The van der Waals surface area contributed by atoms with Crippen LogP contribution in [0.5, 0.6) is 5.88 Å². The number of anilines is 1. The van der Waals surface area contributed by atoms with Gasteiger partial charge in [-0.15, -0.1) is 0 Å². The van der Waals surface area contributed by atoms with E-state index in [-0.39, 0.29) is 12.5 Å². The first kappa shape index (κ1) is 16.9. The maximum atomic E-state index is 12.2. The molecule has 0 aliphatic heterocycles. The molecule has 0 bridgehead atoms. The normalized spacial score (nSPS) is 10.7. The molecule has 1 heterocycles. The van der Waals surface area contributed by atoms with E-state index in [1.807, 2.05) is 57.2 Å². The van der Waals surface area contributed by atoms with Gasteiger partial charge >= 0.3 is 0 Å². The highest BCUT2D eigenvalue weighted by Crippen LogP contribution is 2.22. The van der Waals surface area contributed by atoms with Gasteiger partial charge in [-0.25, -0.2) is 4.98 Å². The lowest BCUT2D eigenvalue weighted by Gasteiger charge is -2.11. The van der Waals surface area contributed by atoms with Crippen LogP contribution in [0, 0.1) is 13.8 Å². The molecular weight excluding hydrogens is 314 g/mol. The molecule has 25 heavy (non-hydrogen) atoms. The van der Waals surface area contributed by atoms with Crippen LogP contribution >= 0.6 is 0 Å². The molecular formula is C20H21N3O2. The Kier molecular flexibility index (Phi) is 4.93. The van der Waals surface area contributed by atoms with Gasteiger partial charge in [-0.3, -0.25) is 4.79 Å². The Bertz CT molecular complexity index is 902. The Balaban J connectivity index is 1.74. The molecule has 0 fully saturated rings. The summed E-state index contributed by atoms with van der Waals surface area (Å²) in [5, 5.41) is 3.67. The van der Waals surface area contributed by atoms with Crippen molar-refractivity contribution in [2.75, 3.05) is 11.9 Å². The maximum Gasteiger partial charge on any atom is 0.262 e. The minimum atomic E-state index is -0.217. The Morgan fingerprint density at radius 2 is 1.80 bits per heavy atom. The number of aryl methyl sites for hydroxylation is 3. The van der Waals surface area contributed by atoms with Crippen molar-refractivity contribution in [2.45, 2.75) is 27.2 Å². The van der Waals surface area contributed by atoms with Crippen molar-refractivity contribution < 1.29 is 9.53 Å². The smallest absolute Gasteiger partial charge is 0.262 e. The minimum Gasteiger partial charge on any atom is -0.467 e. The number of hydrogen-bond acceptors (Lipinski definition) is 4. The average molecular weight is 335 g/mol. The van der Waals surface area contributed by atoms with Crippen LogP contribution in [0.4, 0.5) is 5.69 Å². The summed E-state index contributed by atoms with van der Waals surface area (Å²) in [6.07, 6.45) is 0.704. The van der Waals surface area contributed by atoms with Crippen molar-refractivity contribution in [3.05, 3.63) is 59.4 Å². The van der Waals surface area contributed by atoms with Crippen molar-refractivity contribution in [3.63, 3.8) is 0 Å². The van der Waals surface area contributed by atoms with Crippen LogP contribution in [0.3, 0.4) is 0 Å². The SMILES string of the molecule is CCc1nc(OCC(=O)Nc2cc(C)cc(C)c2)c2ccccc2n1. The van der Waals surface area contributed by atoms with Gasteiger partial charge < -0.3 is 10.1 Å².